The Bertz CT molecular complexity index is 939. The maximum absolute atomic E-state index is 12.6. The van der Waals surface area contributed by atoms with Gasteiger partial charge in [-0.15, -0.1) is 0 Å². The second-order valence-electron chi connectivity index (χ2n) is 4.84. The van der Waals surface area contributed by atoms with Gasteiger partial charge in [-0.2, -0.15) is 0 Å². The number of anilines is 1. The molecule has 2 heterocycles. The van der Waals surface area contributed by atoms with Crippen LogP contribution < -0.4 is 10.0 Å². The van der Waals surface area contributed by atoms with Crippen LogP contribution in [0.15, 0.2) is 58.6 Å². The highest BCUT2D eigenvalue weighted by molar-refractivity contribution is 8.27. The first kappa shape index (κ1) is 16.8. The van der Waals surface area contributed by atoms with Gasteiger partial charge in [0.2, 0.25) is 10.0 Å². The van der Waals surface area contributed by atoms with E-state index in [9.17, 15) is 13.2 Å². The second kappa shape index (κ2) is 6.44. The monoisotopic (exact) mass is 377 g/mol. The van der Waals surface area contributed by atoms with E-state index in [1.54, 1.807) is 24.5 Å². The van der Waals surface area contributed by atoms with E-state index in [0.717, 1.165) is 5.56 Å². The van der Waals surface area contributed by atoms with E-state index in [4.69, 9.17) is 17.4 Å². The summed E-state index contributed by atoms with van der Waals surface area (Å²) in [5.41, 5.74) is 1.28. The number of nitrogens with two attached hydrogens (primary N) is 1. The number of nitrogens with zero attached hydrogens (tertiary/aromatic N) is 2. The fraction of sp³-hybridized carbons (Fsp3) is 0. The van der Waals surface area contributed by atoms with E-state index in [1.807, 2.05) is 6.07 Å². The third-order valence-corrected chi connectivity index (χ3v) is 5.43. The molecule has 1 saturated heterocycles. The maximum atomic E-state index is 12.6. The first-order valence-corrected chi connectivity index (χ1v) is 9.44. The van der Waals surface area contributed by atoms with Crippen molar-refractivity contribution in [1.29, 1.82) is 0 Å². The van der Waals surface area contributed by atoms with Crippen molar-refractivity contribution < 1.29 is 13.2 Å². The molecule has 3 rings (SSSR count). The van der Waals surface area contributed by atoms with Crippen molar-refractivity contribution in [3.8, 4) is 0 Å². The van der Waals surface area contributed by atoms with Crippen LogP contribution in [-0.2, 0) is 14.8 Å². The van der Waals surface area contributed by atoms with Crippen molar-refractivity contribution in [2.75, 3.05) is 4.90 Å². The van der Waals surface area contributed by atoms with Crippen LogP contribution in [0.1, 0.15) is 5.56 Å². The highest BCUT2D eigenvalue weighted by atomic mass is 32.2. The lowest BCUT2D eigenvalue weighted by Crippen LogP contribution is -2.27. The summed E-state index contributed by atoms with van der Waals surface area (Å²) in [6.45, 7) is 0. The van der Waals surface area contributed by atoms with Crippen molar-refractivity contribution in [3.05, 3.63) is 59.3 Å². The van der Waals surface area contributed by atoms with Crippen molar-refractivity contribution in [1.82, 2.24) is 4.98 Å². The van der Waals surface area contributed by atoms with Crippen LogP contribution in [0.25, 0.3) is 6.08 Å². The second-order valence-corrected chi connectivity index (χ2v) is 8.08. The zero-order valence-corrected chi connectivity index (χ0v) is 14.6. The molecule has 6 nitrogen and oxygen atoms in total. The van der Waals surface area contributed by atoms with E-state index in [0.29, 0.717) is 14.9 Å². The SMILES string of the molecule is NS(=O)(=O)c1ccc(N2C(=O)/C(=C/c3cccnc3)SC2=S)cc1. The number of hydrogen-bond donors (Lipinski definition) is 1. The highest BCUT2D eigenvalue weighted by Crippen LogP contribution is 2.36. The predicted molar refractivity (Wildman–Crippen MR) is 97.7 cm³/mol. The van der Waals surface area contributed by atoms with Crippen molar-refractivity contribution in [3.63, 3.8) is 0 Å². The number of hydrogen-bond acceptors (Lipinski definition) is 6. The molecule has 2 aromatic rings. The van der Waals surface area contributed by atoms with E-state index < -0.39 is 10.0 Å². The van der Waals surface area contributed by atoms with Crippen LogP contribution >= 0.6 is 24.0 Å². The maximum Gasteiger partial charge on any atom is 0.270 e. The van der Waals surface area contributed by atoms with Crippen LogP contribution in [0.4, 0.5) is 5.69 Å². The minimum atomic E-state index is -3.78. The summed E-state index contributed by atoms with van der Waals surface area (Å²) in [6, 6.07) is 9.29. The van der Waals surface area contributed by atoms with Crippen LogP contribution in [-0.4, -0.2) is 23.6 Å². The topological polar surface area (TPSA) is 93.4 Å². The summed E-state index contributed by atoms with van der Waals surface area (Å²) in [5, 5.41) is 5.07. The standard InChI is InChI=1S/C15H11N3O3S3/c16-24(20,21)12-5-3-11(4-6-12)18-14(19)13(23-15(18)22)8-10-2-1-7-17-9-10/h1-9H,(H2,16,20,21)/b13-8-. The zero-order valence-electron chi connectivity index (χ0n) is 12.1. The van der Waals surface area contributed by atoms with Gasteiger partial charge in [-0.3, -0.25) is 14.7 Å². The van der Waals surface area contributed by atoms with E-state index in [2.05, 4.69) is 4.98 Å². The number of carbonyl (C=O) groups excluding carboxylic acids is 1. The number of carbonyl (C=O) groups is 1. The van der Waals surface area contributed by atoms with Gasteiger partial charge in [0.05, 0.1) is 15.5 Å². The molecule has 0 saturated carbocycles. The summed E-state index contributed by atoms with van der Waals surface area (Å²) in [7, 11) is -3.78. The number of primary sulfonamides is 1. The number of thioether (sulfide) groups is 1. The van der Waals surface area contributed by atoms with Gasteiger partial charge >= 0.3 is 0 Å². The van der Waals surface area contributed by atoms with E-state index >= 15 is 0 Å². The van der Waals surface area contributed by atoms with Gasteiger partial charge in [0, 0.05) is 12.4 Å². The smallest absolute Gasteiger partial charge is 0.268 e. The molecule has 0 radical (unpaired) electrons. The molecule has 0 aliphatic carbocycles. The molecule has 1 aromatic carbocycles. The Morgan fingerprint density at radius 2 is 1.92 bits per heavy atom. The molecule has 1 aliphatic rings. The molecular weight excluding hydrogens is 366 g/mol. The molecule has 2 N–H and O–H groups in total. The van der Waals surface area contributed by atoms with Gasteiger partial charge in [0.1, 0.15) is 0 Å². The van der Waals surface area contributed by atoms with Crippen LogP contribution in [0.3, 0.4) is 0 Å². The highest BCUT2D eigenvalue weighted by Gasteiger charge is 2.33. The molecule has 1 amide bonds. The normalized spacial score (nSPS) is 16.9. The lowest BCUT2D eigenvalue weighted by molar-refractivity contribution is -0.113. The number of pyridine rings is 1. The Balaban J connectivity index is 1.91. The largest absolute Gasteiger partial charge is 0.270 e. The number of rotatable bonds is 3. The van der Waals surface area contributed by atoms with Crippen LogP contribution in [0.2, 0.25) is 0 Å². The van der Waals surface area contributed by atoms with Gasteiger partial charge in [-0.25, -0.2) is 13.6 Å². The Kier molecular flexibility index (Phi) is 4.50. The molecule has 0 atom stereocenters. The summed E-state index contributed by atoms with van der Waals surface area (Å²) >= 11 is 6.45. The molecule has 122 valence electrons. The molecule has 24 heavy (non-hydrogen) atoms. The van der Waals surface area contributed by atoms with E-state index in [-0.39, 0.29) is 10.8 Å². The molecule has 0 spiro atoms. The van der Waals surface area contributed by atoms with Crippen LogP contribution in [0.5, 0.6) is 0 Å². The first-order valence-electron chi connectivity index (χ1n) is 6.67. The lowest BCUT2D eigenvalue weighted by Gasteiger charge is -2.14. The Hall–Kier alpha value is -2.07. The van der Waals surface area contributed by atoms with Gasteiger partial charge in [-0.05, 0) is 42.0 Å². The molecule has 1 fully saturated rings. The van der Waals surface area contributed by atoms with E-state index in [1.165, 1.54) is 40.9 Å². The zero-order chi connectivity index (χ0) is 17.3. The van der Waals surface area contributed by atoms with Crippen molar-refractivity contribution in [2.24, 2.45) is 5.14 Å². The first-order chi connectivity index (χ1) is 11.4. The molecule has 1 aliphatic heterocycles. The molecule has 1 aromatic heterocycles. The summed E-state index contributed by atoms with van der Waals surface area (Å²) in [5.74, 6) is -0.266. The average molecular weight is 377 g/mol. The lowest BCUT2D eigenvalue weighted by atomic mass is 10.2. The van der Waals surface area contributed by atoms with Crippen LogP contribution in [0, 0.1) is 0 Å². The molecule has 0 unspecified atom stereocenters. The quantitative estimate of drug-likeness (QED) is 0.651. The van der Waals surface area contributed by atoms with Gasteiger partial charge in [-0.1, -0.05) is 30.0 Å². The van der Waals surface area contributed by atoms with Crippen molar-refractivity contribution >= 4 is 56.0 Å². The number of aromatic nitrogens is 1. The summed E-state index contributed by atoms with van der Waals surface area (Å²) in [6.07, 6.45) is 5.01. The predicted octanol–water partition coefficient (Wildman–Crippen LogP) is 2.13. The number of amides is 1. The average Bonchev–Trinajstić information content (AvgIpc) is 2.82. The van der Waals surface area contributed by atoms with Gasteiger partial charge < -0.3 is 0 Å². The number of sulfonamides is 1. The summed E-state index contributed by atoms with van der Waals surface area (Å²) < 4.78 is 23.0. The molecule has 0 bridgehead atoms. The fourth-order valence-corrected chi connectivity index (χ4v) is 3.90. The fourth-order valence-electron chi connectivity index (χ4n) is 2.09. The Morgan fingerprint density at radius 3 is 2.50 bits per heavy atom. The molecule has 9 heteroatoms. The minimum absolute atomic E-state index is 0.0254. The van der Waals surface area contributed by atoms with Crippen molar-refractivity contribution in [2.45, 2.75) is 4.90 Å². The molecular formula is C15H11N3O3S3. The third-order valence-electron chi connectivity index (χ3n) is 3.20. The Labute approximate surface area is 148 Å². The van der Waals surface area contributed by atoms with Gasteiger partial charge in [0.25, 0.3) is 5.91 Å². The Morgan fingerprint density at radius 1 is 1.21 bits per heavy atom. The minimum Gasteiger partial charge on any atom is -0.268 e. The summed E-state index contributed by atoms with van der Waals surface area (Å²) in [4.78, 5) is 18.4. The third kappa shape index (κ3) is 3.39. The van der Waals surface area contributed by atoms with Gasteiger partial charge in [0.15, 0.2) is 4.32 Å². The number of benzene rings is 1. The number of thiocarbonyl (C=S) groups is 1.